The van der Waals surface area contributed by atoms with Gasteiger partial charge in [0.15, 0.2) is 21.1 Å². The number of nitrogens with zero attached hydrogens (tertiary/aromatic N) is 1. The second-order valence-electron chi connectivity index (χ2n) is 2.45. The highest BCUT2D eigenvalue weighted by molar-refractivity contribution is 9.10. The summed E-state index contributed by atoms with van der Waals surface area (Å²) in [5, 5.41) is 10.7. The van der Waals surface area contributed by atoms with Crippen LogP contribution in [0.4, 0.5) is 0 Å². The number of rotatable bonds is 2. The van der Waals surface area contributed by atoms with Gasteiger partial charge in [-0.25, -0.2) is 9.78 Å². The summed E-state index contributed by atoms with van der Waals surface area (Å²) in [5.74, 6) is -0.465. The van der Waals surface area contributed by atoms with Crippen molar-refractivity contribution in [2.24, 2.45) is 0 Å². The molecule has 2 heterocycles. The molecule has 0 aliphatic rings. The molecule has 0 unspecified atom stereocenters. The molecule has 14 heavy (non-hydrogen) atoms. The van der Waals surface area contributed by atoms with Gasteiger partial charge in [-0.3, -0.25) is 0 Å². The molecule has 0 aliphatic carbocycles. The smallest absolute Gasteiger partial charge is 0.355 e. The lowest BCUT2D eigenvalue weighted by atomic mass is 10.4. The van der Waals surface area contributed by atoms with Gasteiger partial charge in [-0.15, -0.1) is 11.3 Å². The van der Waals surface area contributed by atoms with E-state index in [1.807, 2.05) is 0 Å². The van der Waals surface area contributed by atoms with E-state index in [2.05, 4.69) is 20.9 Å². The van der Waals surface area contributed by atoms with Gasteiger partial charge in [0.05, 0.1) is 0 Å². The summed E-state index contributed by atoms with van der Waals surface area (Å²) in [4.78, 5) is 14.5. The molecule has 0 saturated carbocycles. The van der Waals surface area contributed by atoms with Crippen molar-refractivity contribution in [2.45, 2.75) is 0 Å². The Labute approximate surface area is 91.3 Å². The quantitative estimate of drug-likeness (QED) is 0.914. The first-order valence-electron chi connectivity index (χ1n) is 3.61. The van der Waals surface area contributed by atoms with E-state index in [-0.39, 0.29) is 5.69 Å². The zero-order valence-electron chi connectivity index (χ0n) is 6.73. The average Bonchev–Trinajstić information content (AvgIpc) is 2.70. The van der Waals surface area contributed by atoms with E-state index < -0.39 is 5.97 Å². The van der Waals surface area contributed by atoms with Crippen LogP contribution >= 0.6 is 27.3 Å². The molecular formula is C8H4BrNO3S. The number of halogens is 1. The van der Waals surface area contributed by atoms with Crippen molar-refractivity contribution in [3.8, 4) is 10.8 Å². The molecule has 0 bridgehead atoms. The molecule has 2 aromatic heterocycles. The highest BCUT2D eigenvalue weighted by Crippen LogP contribution is 2.27. The second kappa shape index (κ2) is 3.55. The monoisotopic (exact) mass is 273 g/mol. The predicted octanol–water partition coefficient (Wildman–Crippen LogP) is 2.86. The van der Waals surface area contributed by atoms with Crippen LogP contribution in [0, 0.1) is 0 Å². The third kappa shape index (κ3) is 1.71. The van der Waals surface area contributed by atoms with Gasteiger partial charge in [-0.1, -0.05) is 0 Å². The minimum absolute atomic E-state index is 0.0394. The first kappa shape index (κ1) is 9.42. The second-order valence-corrected chi connectivity index (χ2v) is 4.09. The Morgan fingerprint density at radius 3 is 2.86 bits per heavy atom. The van der Waals surface area contributed by atoms with Crippen molar-refractivity contribution in [1.29, 1.82) is 0 Å². The summed E-state index contributed by atoms with van der Waals surface area (Å²) in [6, 6.07) is 3.46. The fourth-order valence-electron chi connectivity index (χ4n) is 0.914. The number of thiazole rings is 1. The molecular weight excluding hydrogens is 270 g/mol. The van der Waals surface area contributed by atoms with E-state index in [1.165, 1.54) is 16.7 Å². The number of carbonyl (C=O) groups is 1. The van der Waals surface area contributed by atoms with Gasteiger partial charge in [0.25, 0.3) is 0 Å². The summed E-state index contributed by atoms with van der Waals surface area (Å²) in [5.41, 5.74) is 0.0394. The summed E-state index contributed by atoms with van der Waals surface area (Å²) in [6.45, 7) is 0. The molecule has 72 valence electrons. The minimum atomic E-state index is -1.03. The van der Waals surface area contributed by atoms with E-state index >= 15 is 0 Å². The van der Waals surface area contributed by atoms with Crippen LogP contribution in [0.2, 0.25) is 0 Å². The molecule has 0 spiro atoms. The van der Waals surface area contributed by atoms with Crippen LogP contribution < -0.4 is 0 Å². The topological polar surface area (TPSA) is 63.3 Å². The SMILES string of the molecule is O=C(O)c1csc(-c2ccc(Br)o2)n1. The molecule has 0 atom stereocenters. The molecule has 2 aromatic rings. The van der Waals surface area contributed by atoms with Crippen molar-refractivity contribution in [1.82, 2.24) is 4.98 Å². The van der Waals surface area contributed by atoms with Crippen molar-refractivity contribution in [2.75, 3.05) is 0 Å². The lowest BCUT2D eigenvalue weighted by molar-refractivity contribution is 0.0691. The van der Waals surface area contributed by atoms with Gasteiger partial charge in [-0.05, 0) is 28.1 Å². The van der Waals surface area contributed by atoms with E-state index in [0.29, 0.717) is 15.4 Å². The van der Waals surface area contributed by atoms with Crippen LogP contribution in [0.25, 0.3) is 10.8 Å². The maximum atomic E-state index is 10.6. The van der Waals surface area contributed by atoms with Gasteiger partial charge < -0.3 is 9.52 Å². The van der Waals surface area contributed by atoms with Crippen LogP contribution in [0.5, 0.6) is 0 Å². The molecule has 0 aliphatic heterocycles. The summed E-state index contributed by atoms with van der Waals surface area (Å²) in [7, 11) is 0. The normalized spacial score (nSPS) is 10.4. The number of carboxylic acids is 1. The molecule has 0 fully saturated rings. The zero-order valence-corrected chi connectivity index (χ0v) is 9.13. The Morgan fingerprint density at radius 2 is 2.36 bits per heavy atom. The standard InChI is InChI=1S/C8H4BrNO3S/c9-6-2-1-5(13-6)7-10-4(3-14-7)8(11)12/h1-3H,(H,11,12). The van der Waals surface area contributed by atoms with Crippen LogP contribution in [0.1, 0.15) is 10.5 Å². The summed E-state index contributed by atoms with van der Waals surface area (Å²) in [6.07, 6.45) is 0. The average molecular weight is 274 g/mol. The number of carboxylic acid groups (broad SMARTS) is 1. The molecule has 2 rings (SSSR count). The maximum Gasteiger partial charge on any atom is 0.355 e. The van der Waals surface area contributed by atoms with Gasteiger partial charge >= 0.3 is 5.97 Å². The zero-order chi connectivity index (χ0) is 10.1. The number of aromatic carboxylic acids is 1. The minimum Gasteiger partial charge on any atom is -0.476 e. The third-order valence-corrected chi connectivity index (χ3v) is 2.79. The Bertz CT molecular complexity index is 476. The predicted molar refractivity (Wildman–Crippen MR) is 54.5 cm³/mol. The number of hydrogen-bond donors (Lipinski definition) is 1. The van der Waals surface area contributed by atoms with Gasteiger partial charge in [0.2, 0.25) is 0 Å². The first-order chi connectivity index (χ1) is 6.66. The van der Waals surface area contributed by atoms with Crippen LogP contribution in [-0.2, 0) is 0 Å². The Balaban J connectivity index is 2.38. The summed E-state index contributed by atoms with van der Waals surface area (Å²) < 4.78 is 5.83. The van der Waals surface area contributed by atoms with Crippen molar-refractivity contribution in [3.63, 3.8) is 0 Å². The number of hydrogen-bond acceptors (Lipinski definition) is 4. The number of furan rings is 1. The van der Waals surface area contributed by atoms with Gasteiger partial charge in [-0.2, -0.15) is 0 Å². The maximum absolute atomic E-state index is 10.6. The highest BCUT2D eigenvalue weighted by Gasteiger charge is 2.12. The van der Waals surface area contributed by atoms with Crippen molar-refractivity contribution < 1.29 is 14.3 Å². The fraction of sp³-hybridized carbons (Fsp3) is 0. The first-order valence-corrected chi connectivity index (χ1v) is 5.28. The van der Waals surface area contributed by atoms with Crippen LogP contribution in [0.3, 0.4) is 0 Å². The van der Waals surface area contributed by atoms with E-state index in [1.54, 1.807) is 12.1 Å². The lowest BCUT2D eigenvalue weighted by Crippen LogP contribution is -1.95. The van der Waals surface area contributed by atoms with Crippen molar-refractivity contribution in [3.05, 3.63) is 27.9 Å². The summed E-state index contributed by atoms with van der Waals surface area (Å²) >= 11 is 4.40. The van der Waals surface area contributed by atoms with Gasteiger partial charge in [0.1, 0.15) is 0 Å². The molecule has 1 N–H and O–H groups in total. The molecule has 4 nitrogen and oxygen atoms in total. The van der Waals surface area contributed by atoms with E-state index in [0.717, 1.165) is 0 Å². The Kier molecular flexibility index (Phi) is 2.39. The molecule has 0 amide bonds. The highest BCUT2D eigenvalue weighted by atomic mass is 79.9. The van der Waals surface area contributed by atoms with Gasteiger partial charge in [0, 0.05) is 5.38 Å². The largest absolute Gasteiger partial charge is 0.476 e. The van der Waals surface area contributed by atoms with Crippen LogP contribution in [0.15, 0.2) is 26.6 Å². The Morgan fingerprint density at radius 1 is 1.57 bits per heavy atom. The third-order valence-electron chi connectivity index (χ3n) is 1.51. The Hall–Kier alpha value is -1.14. The van der Waals surface area contributed by atoms with E-state index in [9.17, 15) is 4.79 Å². The fourth-order valence-corrected chi connectivity index (χ4v) is 1.97. The lowest BCUT2D eigenvalue weighted by Gasteiger charge is -1.86. The molecule has 0 saturated heterocycles. The molecule has 0 aromatic carbocycles. The molecule has 6 heteroatoms. The number of aromatic nitrogens is 1. The van der Waals surface area contributed by atoms with Crippen LogP contribution in [-0.4, -0.2) is 16.1 Å². The van der Waals surface area contributed by atoms with E-state index in [4.69, 9.17) is 9.52 Å². The molecule has 0 radical (unpaired) electrons. The van der Waals surface area contributed by atoms with Crippen molar-refractivity contribution >= 4 is 33.2 Å².